The number of imidazole rings is 1. The lowest BCUT2D eigenvalue weighted by atomic mass is 10.5. The highest BCUT2D eigenvalue weighted by Gasteiger charge is 2.29. The maximum Gasteiger partial charge on any atom is 0.262 e. The van der Waals surface area contributed by atoms with Crippen molar-refractivity contribution in [2.45, 2.75) is 18.4 Å². The van der Waals surface area contributed by atoms with Crippen molar-refractivity contribution in [3.05, 3.63) is 11.6 Å². The summed E-state index contributed by atoms with van der Waals surface area (Å²) in [5.41, 5.74) is 2.34. The monoisotopic (exact) mass is 289 g/mol. The molecule has 0 saturated heterocycles. The highest BCUT2D eigenvalue weighted by Crippen LogP contribution is 2.27. The van der Waals surface area contributed by atoms with Crippen LogP contribution in [0.5, 0.6) is 0 Å². The van der Waals surface area contributed by atoms with Gasteiger partial charge in [-0.1, -0.05) is 6.92 Å². The molecule has 2 aromatic heterocycles. The van der Waals surface area contributed by atoms with Gasteiger partial charge in [0, 0.05) is 25.2 Å². The average Bonchev–Trinajstić information content (AvgIpc) is 2.87. The van der Waals surface area contributed by atoms with E-state index >= 15 is 0 Å². The minimum atomic E-state index is -3.60. The number of hydrogen-bond donors (Lipinski definition) is 2. The maximum absolute atomic E-state index is 12.4. The Hall–Kier alpha value is -1.16. The van der Waals surface area contributed by atoms with Gasteiger partial charge in [-0.25, -0.2) is 14.3 Å². The molecule has 0 fully saturated rings. The van der Waals surface area contributed by atoms with E-state index in [-0.39, 0.29) is 10.8 Å². The van der Waals surface area contributed by atoms with Crippen LogP contribution in [-0.4, -0.2) is 35.7 Å². The standard InChI is InChI=1S/C9H15N5O2S2/c1-3-4-13(2)18(15,16)8-7(12-10)11-9-14(8)5-6-17-9/h5-6,12H,3-4,10H2,1-2H3. The average molecular weight is 289 g/mol. The highest BCUT2D eigenvalue weighted by atomic mass is 32.2. The van der Waals surface area contributed by atoms with E-state index in [1.807, 2.05) is 6.92 Å². The lowest BCUT2D eigenvalue weighted by Gasteiger charge is -2.16. The third-order valence-corrected chi connectivity index (χ3v) is 5.19. The second kappa shape index (κ2) is 4.84. The second-order valence-electron chi connectivity index (χ2n) is 3.79. The van der Waals surface area contributed by atoms with Crippen molar-refractivity contribution >= 4 is 32.1 Å². The van der Waals surface area contributed by atoms with Gasteiger partial charge >= 0.3 is 0 Å². The molecule has 0 atom stereocenters. The predicted octanol–water partition coefficient (Wildman–Crippen LogP) is 0.712. The fraction of sp³-hybridized carbons (Fsp3) is 0.444. The van der Waals surface area contributed by atoms with Crippen molar-refractivity contribution in [2.24, 2.45) is 5.84 Å². The summed E-state index contributed by atoms with van der Waals surface area (Å²) in [4.78, 5) is 4.73. The molecule has 3 N–H and O–H groups in total. The third kappa shape index (κ3) is 1.99. The lowest BCUT2D eigenvalue weighted by molar-refractivity contribution is 0.465. The summed E-state index contributed by atoms with van der Waals surface area (Å²) in [6.07, 6.45) is 2.41. The molecule has 9 heteroatoms. The Morgan fingerprint density at radius 3 is 2.94 bits per heavy atom. The Kier molecular flexibility index (Phi) is 3.57. The van der Waals surface area contributed by atoms with Crippen LogP contribution in [0.15, 0.2) is 16.6 Å². The van der Waals surface area contributed by atoms with Crippen molar-refractivity contribution < 1.29 is 8.42 Å². The molecule has 2 rings (SSSR count). The van der Waals surface area contributed by atoms with Crippen LogP contribution in [0.4, 0.5) is 5.82 Å². The van der Waals surface area contributed by atoms with Crippen LogP contribution in [0.1, 0.15) is 13.3 Å². The van der Waals surface area contributed by atoms with E-state index in [2.05, 4.69) is 10.4 Å². The van der Waals surface area contributed by atoms with Gasteiger partial charge in [0.1, 0.15) is 0 Å². The molecule has 0 aromatic carbocycles. The summed E-state index contributed by atoms with van der Waals surface area (Å²) in [5.74, 6) is 5.51. The number of anilines is 1. The van der Waals surface area contributed by atoms with Crippen molar-refractivity contribution in [1.29, 1.82) is 0 Å². The zero-order valence-electron chi connectivity index (χ0n) is 10.1. The minimum absolute atomic E-state index is 0.0807. The Bertz CT molecular complexity index is 645. The summed E-state index contributed by atoms with van der Waals surface area (Å²) in [6, 6.07) is 0. The summed E-state index contributed by atoms with van der Waals surface area (Å²) >= 11 is 1.35. The largest absolute Gasteiger partial charge is 0.306 e. The van der Waals surface area contributed by atoms with E-state index in [9.17, 15) is 8.42 Å². The molecule has 100 valence electrons. The topological polar surface area (TPSA) is 92.7 Å². The van der Waals surface area contributed by atoms with Crippen LogP contribution >= 0.6 is 11.3 Å². The molecule has 0 aliphatic carbocycles. The number of thiazole rings is 1. The van der Waals surface area contributed by atoms with Crippen molar-refractivity contribution in [3.63, 3.8) is 0 Å². The summed E-state index contributed by atoms with van der Waals surface area (Å²) in [7, 11) is -2.05. The number of hydrogen-bond acceptors (Lipinski definition) is 6. The molecule has 2 aromatic rings. The predicted molar refractivity (Wildman–Crippen MR) is 71.0 cm³/mol. The van der Waals surface area contributed by atoms with E-state index in [1.165, 1.54) is 20.0 Å². The first-order chi connectivity index (χ1) is 8.52. The van der Waals surface area contributed by atoms with Crippen molar-refractivity contribution in [3.8, 4) is 0 Å². The number of nitrogens with one attached hydrogen (secondary N) is 1. The van der Waals surface area contributed by atoms with Crippen molar-refractivity contribution in [2.75, 3.05) is 19.0 Å². The second-order valence-corrected chi connectivity index (χ2v) is 6.63. The summed E-state index contributed by atoms with van der Waals surface area (Å²) in [5, 5.41) is 1.86. The molecular weight excluding hydrogens is 274 g/mol. The number of sulfonamides is 1. The van der Waals surface area contributed by atoms with Crippen LogP contribution in [0.25, 0.3) is 4.96 Å². The molecule has 0 amide bonds. The van der Waals surface area contributed by atoms with Crippen molar-refractivity contribution in [1.82, 2.24) is 13.7 Å². The first-order valence-corrected chi connectivity index (χ1v) is 7.72. The number of aromatic nitrogens is 2. The molecule has 0 bridgehead atoms. The highest BCUT2D eigenvalue weighted by molar-refractivity contribution is 7.89. The Morgan fingerprint density at radius 2 is 2.33 bits per heavy atom. The number of nitrogen functional groups attached to an aromatic ring is 1. The maximum atomic E-state index is 12.4. The number of hydrazine groups is 1. The third-order valence-electron chi connectivity index (χ3n) is 2.55. The quantitative estimate of drug-likeness (QED) is 0.625. The molecule has 2 heterocycles. The normalized spacial score (nSPS) is 12.4. The SMILES string of the molecule is CCCN(C)S(=O)(=O)c1c(NN)nc2sccn12. The molecule has 0 spiro atoms. The number of nitrogens with two attached hydrogens (primary N) is 1. The van der Waals surface area contributed by atoms with E-state index in [1.54, 1.807) is 18.6 Å². The first kappa shape index (κ1) is 13.3. The first-order valence-electron chi connectivity index (χ1n) is 5.41. The van der Waals surface area contributed by atoms with Gasteiger partial charge in [-0.2, -0.15) is 9.29 Å². The smallest absolute Gasteiger partial charge is 0.262 e. The van der Waals surface area contributed by atoms with Gasteiger partial charge in [-0.05, 0) is 6.42 Å². The summed E-state index contributed by atoms with van der Waals surface area (Å²) in [6.45, 7) is 2.37. The molecular formula is C9H15N5O2S2. The van der Waals surface area contributed by atoms with E-state index < -0.39 is 10.0 Å². The van der Waals surface area contributed by atoms with Crippen LogP contribution < -0.4 is 11.3 Å². The van der Waals surface area contributed by atoms with Crippen LogP contribution in [0.3, 0.4) is 0 Å². The molecule has 0 radical (unpaired) electrons. The minimum Gasteiger partial charge on any atom is -0.306 e. The van der Waals surface area contributed by atoms with Gasteiger partial charge in [0.25, 0.3) is 10.0 Å². The number of fused-ring (bicyclic) bond motifs is 1. The summed E-state index contributed by atoms with van der Waals surface area (Å²) < 4.78 is 27.7. The molecule has 0 saturated carbocycles. The number of nitrogens with zero attached hydrogens (tertiary/aromatic N) is 3. The fourth-order valence-electron chi connectivity index (χ4n) is 1.69. The molecule has 0 aliphatic rings. The fourth-order valence-corrected chi connectivity index (χ4v) is 3.92. The zero-order chi connectivity index (χ0) is 13.3. The Labute approximate surface area is 109 Å². The van der Waals surface area contributed by atoms with Gasteiger partial charge in [0.2, 0.25) is 5.03 Å². The lowest BCUT2D eigenvalue weighted by Crippen LogP contribution is -2.29. The zero-order valence-corrected chi connectivity index (χ0v) is 11.8. The van der Waals surface area contributed by atoms with Crippen LogP contribution in [0.2, 0.25) is 0 Å². The molecule has 0 aliphatic heterocycles. The molecule has 18 heavy (non-hydrogen) atoms. The molecule has 7 nitrogen and oxygen atoms in total. The Morgan fingerprint density at radius 1 is 1.61 bits per heavy atom. The van der Waals surface area contributed by atoms with Gasteiger partial charge < -0.3 is 5.43 Å². The van der Waals surface area contributed by atoms with Crippen LogP contribution in [0, 0.1) is 0 Å². The van der Waals surface area contributed by atoms with E-state index in [0.717, 1.165) is 6.42 Å². The van der Waals surface area contributed by atoms with Gasteiger partial charge in [0.15, 0.2) is 10.8 Å². The van der Waals surface area contributed by atoms with Gasteiger partial charge in [-0.3, -0.25) is 4.40 Å². The van der Waals surface area contributed by atoms with Gasteiger partial charge in [-0.15, -0.1) is 11.3 Å². The number of rotatable bonds is 5. The molecule has 0 unspecified atom stereocenters. The van der Waals surface area contributed by atoms with E-state index in [0.29, 0.717) is 11.5 Å². The van der Waals surface area contributed by atoms with Crippen LogP contribution in [-0.2, 0) is 10.0 Å². The Balaban J connectivity index is 2.61. The van der Waals surface area contributed by atoms with E-state index in [4.69, 9.17) is 5.84 Å². The van der Waals surface area contributed by atoms with Gasteiger partial charge in [0.05, 0.1) is 0 Å².